The fourth-order valence-corrected chi connectivity index (χ4v) is 2.72. The minimum Gasteiger partial charge on any atom is -0.386 e. The minimum absolute atomic E-state index is 0.163. The fourth-order valence-electron chi connectivity index (χ4n) is 2.72. The Morgan fingerprint density at radius 1 is 1.08 bits per heavy atom. The highest BCUT2D eigenvalue weighted by molar-refractivity contribution is 5.92. The van der Waals surface area contributed by atoms with Gasteiger partial charge in [0.1, 0.15) is 5.69 Å². The molecule has 120 valence electrons. The molecule has 6 nitrogen and oxygen atoms in total. The first-order valence-corrected chi connectivity index (χ1v) is 7.66. The van der Waals surface area contributed by atoms with Gasteiger partial charge in [0.05, 0.1) is 18.2 Å². The van der Waals surface area contributed by atoms with Crippen molar-refractivity contribution in [1.29, 1.82) is 5.26 Å². The van der Waals surface area contributed by atoms with E-state index < -0.39 is 5.76 Å². The Bertz CT molecular complexity index is 1160. The van der Waals surface area contributed by atoms with E-state index in [1.54, 1.807) is 24.4 Å². The van der Waals surface area contributed by atoms with Gasteiger partial charge in [-0.15, -0.1) is 5.10 Å². The Morgan fingerprint density at radius 3 is 2.76 bits per heavy atom. The highest BCUT2D eigenvalue weighted by Crippen LogP contribution is 2.24. The Labute approximate surface area is 142 Å². The Morgan fingerprint density at radius 2 is 1.88 bits per heavy atom. The molecule has 0 fully saturated rings. The highest BCUT2D eigenvalue weighted by Gasteiger charge is 2.15. The second-order valence-electron chi connectivity index (χ2n) is 5.48. The number of rotatable bonds is 3. The zero-order valence-electron chi connectivity index (χ0n) is 13.1. The lowest BCUT2D eigenvalue weighted by Crippen LogP contribution is -2.17. The third kappa shape index (κ3) is 2.68. The van der Waals surface area contributed by atoms with Crippen molar-refractivity contribution in [2.75, 3.05) is 0 Å². The zero-order valence-corrected chi connectivity index (χ0v) is 13.1. The molecule has 0 unspecified atom stereocenters. The fraction of sp³-hybridized carbons (Fsp3) is 0.0526. The maximum atomic E-state index is 12.2. The molecular weight excluding hydrogens is 316 g/mol. The molecule has 2 aromatic heterocycles. The lowest BCUT2D eigenvalue weighted by molar-refractivity contribution is 0.494. The van der Waals surface area contributed by atoms with Crippen LogP contribution >= 0.6 is 0 Å². The van der Waals surface area contributed by atoms with Crippen molar-refractivity contribution >= 4 is 10.8 Å². The smallest absolute Gasteiger partial charge is 0.386 e. The van der Waals surface area contributed by atoms with Crippen molar-refractivity contribution in [2.24, 2.45) is 0 Å². The lowest BCUT2D eigenvalue weighted by Gasteiger charge is -2.02. The van der Waals surface area contributed by atoms with Crippen molar-refractivity contribution in [2.45, 2.75) is 6.54 Å². The predicted octanol–water partition coefficient (Wildman–Crippen LogP) is 2.97. The van der Waals surface area contributed by atoms with E-state index in [9.17, 15) is 10.1 Å². The van der Waals surface area contributed by atoms with Gasteiger partial charge in [0, 0.05) is 11.6 Å². The summed E-state index contributed by atoms with van der Waals surface area (Å²) in [5, 5.41) is 15.3. The molecule has 0 spiro atoms. The van der Waals surface area contributed by atoms with Crippen LogP contribution in [0.3, 0.4) is 0 Å². The van der Waals surface area contributed by atoms with Crippen LogP contribution in [-0.4, -0.2) is 14.8 Å². The largest absolute Gasteiger partial charge is 0.437 e. The molecule has 6 heteroatoms. The summed E-state index contributed by atoms with van der Waals surface area (Å²) in [7, 11) is 0. The third-order valence-electron chi connectivity index (χ3n) is 3.94. The van der Waals surface area contributed by atoms with Crippen LogP contribution in [-0.2, 0) is 6.54 Å². The summed E-state index contributed by atoms with van der Waals surface area (Å²) < 4.78 is 6.51. The van der Waals surface area contributed by atoms with E-state index in [1.807, 2.05) is 36.4 Å². The van der Waals surface area contributed by atoms with Crippen LogP contribution in [0.25, 0.3) is 22.4 Å². The first-order chi connectivity index (χ1) is 12.3. The molecule has 0 amide bonds. The van der Waals surface area contributed by atoms with E-state index in [-0.39, 0.29) is 12.4 Å². The summed E-state index contributed by atoms with van der Waals surface area (Å²) >= 11 is 0. The number of hydrogen-bond acceptors (Lipinski definition) is 5. The number of nitriles is 1. The van der Waals surface area contributed by atoms with Gasteiger partial charge < -0.3 is 4.42 Å². The van der Waals surface area contributed by atoms with E-state index in [0.29, 0.717) is 16.8 Å². The van der Waals surface area contributed by atoms with E-state index in [4.69, 9.17) is 4.42 Å². The molecule has 0 aliphatic heterocycles. The van der Waals surface area contributed by atoms with E-state index in [0.717, 1.165) is 10.8 Å². The van der Waals surface area contributed by atoms with Crippen LogP contribution in [0.1, 0.15) is 11.1 Å². The number of nitrogens with zero attached hydrogens (tertiary/aromatic N) is 4. The molecule has 0 radical (unpaired) electrons. The Kier molecular flexibility index (Phi) is 3.60. The maximum Gasteiger partial charge on any atom is 0.437 e. The van der Waals surface area contributed by atoms with Gasteiger partial charge in [-0.2, -0.15) is 9.94 Å². The first kappa shape index (κ1) is 14.8. The minimum atomic E-state index is -0.586. The van der Waals surface area contributed by atoms with Gasteiger partial charge in [0.2, 0.25) is 0 Å². The molecule has 2 heterocycles. The van der Waals surface area contributed by atoms with Gasteiger partial charge in [-0.25, -0.2) is 4.79 Å². The molecule has 0 saturated carbocycles. The summed E-state index contributed by atoms with van der Waals surface area (Å²) in [5.74, 6) is -0.422. The van der Waals surface area contributed by atoms with Crippen LogP contribution in [0.15, 0.2) is 70.0 Å². The molecule has 4 rings (SSSR count). The number of benzene rings is 2. The van der Waals surface area contributed by atoms with E-state index in [2.05, 4.69) is 16.2 Å². The molecule has 4 aromatic rings. The third-order valence-corrected chi connectivity index (χ3v) is 3.94. The molecule has 0 bridgehead atoms. The van der Waals surface area contributed by atoms with E-state index in [1.165, 1.54) is 4.68 Å². The number of aromatic nitrogens is 3. The number of pyridine rings is 1. The van der Waals surface area contributed by atoms with Crippen molar-refractivity contribution in [3.8, 4) is 17.7 Å². The van der Waals surface area contributed by atoms with Crippen molar-refractivity contribution < 1.29 is 4.42 Å². The summed E-state index contributed by atoms with van der Waals surface area (Å²) in [4.78, 5) is 16.5. The van der Waals surface area contributed by atoms with Gasteiger partial charge in [0.15, 0.2) is 0 Å². The average molecular weight is 328 g/mol. The van der Waals surface area contributed by atoms with Crippen LogP contribution in [0.2, 0.25) is 0 Å². The zero-order chi connectivity index (χ0) is 17.2. The predicted molar refractivity (Wildman–Crippen MR) is 91.8 cm³/mol. The van der Waals surface area contributed by atoms with Crippen molar-refractivity contribution in [3.05, 3.63) is 82.5 Å². The topological polar surface area (TPSA) is 84.7 Å². The van der Waals surface area contributed by atoms with Crippen molar-refractivity contribution in [3.63, 3.8) is 0 Å². The van der Waals surface area contributed by atoms with Crippen LogP contribution in [0, 0.1) is 11.3 Å². The van der Waals surface area contributed by atoms with Crippen LogP contribution < -0.4 is 5.76 Å². The summed E-state index contributed by atoms with van der Waals surface area (Å²) in [6.07, 6.45) is 1.65. The summed E-state index contributed by atoms with van der Waals surface area (Å²) in [6.45, 7) is 0.164. The molecule has 0 aliphatic carbocycles. The van der Waals surface area contributed by atoms with Gasteiger partial charge in [0.25, 0.3) is 5.89 Å². The monoisotopic (exact) mass is 328 g/mol. The SMILES string of the molecule is N#Cc1ccccc1Cn1nc(-c2nccc3ccccc23)oc1=O. The normalized spacial score (nSPS) is 10.7. The van der Waals surface area contributed by atoms with Gasteiger partial charge in [-0.05, 0) is 23.1 Å². The van der Waals surface area contributed by atoms with Crippen LogP contribution in [0.5, 0.6) is 0 Å². The molecule has 0 N–H and O–H groups in total. The molecule has 25 heavy (non-hydrogen) atoms. The second-order valence-corrected chi connectivity index (χ2v) is 5.48. The quantitative estimate of drug-likeness (QED) is 0.577. The standard InChI is InChI=1S/C19H12N4O2/c20-11-14-6-1-2-7-15(14)12-23-19(24)25-18(22-23)17-16-8-4-3-5-13(16)9-10-21-17/h1-10H,12H2. The number of hydrogen-bond donors (Lipinski definition) is 0. The van der Waals surface area contributed by atoms with Crippen LogP contribution in [0.4, 0.5) is 0 Å². The average Bonchev–Trinajstić information content (AvgIpc) is 3.02. The summed E-state index contributed by atoms with van der Waals surface area (Å²) in [5.41, 5.74) is 1.72. The Hall–Kier alpha value is -3.72. The lowest BCUT2D eigenvalue weighted by atomic mass is 10.1. The molecule has 0 atom stereocenters. The molecule has 2 aromatic carbocycles. The summed E-state index contributed by atoms with van der Waals surface area (Å²) in [6, 6.07) is 18.8. The molecule has 0 saturated heterocycles. The molecular formula is C19H12N4O2. The highest BCUT2D eigenvalue weighted by atomic mass is 16.4. The number of fused-ring (bicyclic) bond motifs is 1. The second kappa shape index (κ2) is 6.06. The molecule has 0 aliphatic rings. The van der Waals surface area contributed by atoms with Gasteiger partial charge in [-0.1, -0.05) is 42.5 Å². The van der Waals surface area contributed by atoms with Gasteiger partial charge >= 0.3 is 5.76 Å². The van der Waals surface area contributed by atoms with Gasteiger partial charge in [-0.3, -0.25) is 4.98 Å². The van der Waals surface area contributed by atoms with Crippen molar-refractivity contribution in [1.82, 2.24) is 14.8 Å². The Balaban J connectivity index is 1.78. The first-order valence-electron chi connectivity index (χ1n) is 7.66. The van der Waals surface area contributed by atoms with E-state index >= 15 is 0 Å². The maximum absolute atomic E-state index is 12.2.